The summed E-state index contributed by atoms with van der Waals surface area (Å²) in [6.07, 6.45) is 0. The van der Waals surface area contributed by atoms with Crippen LogP contribution < -0.4 is 5.32 Å². The molecule has 0 bridgehead atoms. The fourth-order valence-electron chi connectivity index (χ4n) is 3.03. The normalized spacial score (nSPS) is 11.4. The van der Waals surface area contributed by atoms with Crippen molar-refractivity contribution >= 4 is 33.7 Å². The third kappa shape index (κ3) is 4.31. The molecule has 4 aromatic rings. The summed E-state index contributed by atoms with van der Waals surface area (Å²) in [5.41, 5.74) is 3.91. The smallest absolute Gasteiger partial charge is 0.257 e. The van der Waals surface area contributed by atoms with Gasteiger partial charge in [0.1, 0.15) is 5.69 Å². The summed E-state index contributed by atoms with van der Waals surface area (Å²) < 4.78 is 0. The summed E-state index contributed by atoms with van der Waals surface area (Å²) in [5, 5.41) is 5.63. The maximum atomic E-state index is 12.8. The summed E-state index contributed by atoms with van der Waals surface area (Å²) in [4.78, 5) is 19.7. The SMILES string of the molecule is CC(C)(C)c1ccc(C(=O)Nc2nc(-c3cccs3)c(-c3ccccc3)s2)cc1. The number of nitrogens with one attached hydrogen (secondary N) is 1. The van der Waals surface area contributed by atoms with Crippen LogP contribution in [0.15, 0.2) is 72.1 Å². The zero-order valence-corrected chi connectivity index (χ0v) is 18.2. The number of nitrogens with zero attached hydrogens (tertiary/aromatic N) is 1. The lowest BCUT2D eigenvalue weighted by Gasteiger charge is -2.18. The summed E-state index contributed by atoms with van der Waals surface area (Å²) >= 11 is 3.15. The van der Waals surface area contributed by atoms with Gasteiger partial charge in [-0.2, -0.15) is 0 Å². The van der Waals surface area contributed by atoms with Gasteiger partial charge in [-0.25, -0.2) is 4.98 Å². The van der Waals surface area contributed by atoms with Gasteiger partial charge in [0, 0.05) is 5.56 Å². The minimum atomic E-state index is -0.142. The summed E-state index contributed by atoms with van der Waals surface area (Å²) in [7, 11) is 0. The fraction of sp³-hybridized carbons (Fsp3) is 0.167. The Morgan fingerprint density at radius 3 is 2.28 bits per heavy atom. The molecular weight excluding hydrogens is 396 g/mol. The van der Waals surface area contributed by atoms with Gasteiger partial charge in [-0.15, -0.1) is 11.3 Å². The average Bonchev–Trinajstić information content (AvgIpc) is 3.38. The number of thiophene rings is 1. The van der Waals surface area contributed by atoms with Gasteiger partial charge in [0.2, 0.25) is 0 Å². The van der Waals surface area contributed by atoms with Crippen LogP contribution in [0.4, 0.5) is 5.13 Å². The summed E-state index contributed by atoms with van der Waals surface area (Å²) in [5.74, 6) is -0.142. The van der Waals surface area contributed by atoms with E-state index in [-0.39, 0.29) is 11.3 Å². The van der Waals surface area contributed by atoms with Gasteiger partial charge in [0.25, 0.3) is 5.91 Å². The minimum Gasteiger partial charge on any atom is -0.298 e. The lowest BCUT2D eigenvalue weighted by molar-refractivity contribution is 0.102. The van der Waals surface area contributed by atoms with Crippen molar-refractivity contribution < 1.29 is 4.79 Å². The van der Waals surface area contributed by atoms with Crippen LogP contribution in [-0.4, -0.2) is 10.9 Å². The van der Waals surface area contributed by atoms with Crippen molar-refractivity contribution in [2.24, 2.45) is 0 Å². The molecule has 0 atom stereocenters. The van der Waals surface area contributed by atoms with Gasteiger partial charge >= 0.3 is 0 Å². The Balaban J connectivity index is 1.63. The molecule has 0 aliphatic rings. The van der Waals surface area contributed by atoms with E-state index in [9.17, 15) is 4.79 Å². The first-order valence-electron chi connectivity index (χ1n) is 9.44. The molecule has 2 aromatic carbocycles. The molecule has 2 heterocycles. The maximum absolute atomic E-state index is 12.8. The molecule has 3 nitrogen and oxygen atoms in total. The highest BCUT2D eigenvalue weighted by Crippen LogP contribution is 2.40. The second-order valence-electron chi connectivity index (χ2n) is 7.82. The molecule has 0 fully saturated rings. The zero-order chi connectivity index (χ0) is 20.4. The van der Waals surface area contributed by atoms with Crippen LogP contribution in [0.25, 0.3) is 21.0 Å². The first-order valence-corrected chi connectivity index (χ1v) is 11.1. The molecule has 0 spiro atoms. The Labute approximate surface area is 179 Å². The van der Waals surface area contributed by atoms with E-state index in [4.69, 9.17) is 4.98 Å². The first kappa shape index (κ1) is 19.6. The number of thiazole rings is 1. The van der Waals surface area contributed by atoms with Gasteiger partial charge in [-0.3, -0.25) is 10.1 Å². The van der Waals surface area contributed by atoms with Gasteiger partial charge in [0.05, 0.1) is 9.75 Å². The third-order valence-electron chi connectivity index (χ3n) is 4.65. The van der Waals surface area contributed by atoms with Crippen LogP contribution in [0.1, 0.15) is 36.7 Å². The molecule has 0 saturated carbocycles. The average molecular weight is 419 g/mol. The fourth-order valence-corrected chi connectivity index (χ4v) is 4.80. The van der Waals surface area contributed by atoms with Crippen molar-refractivity contribution in [1.82, 2.24) is 4.98 Å². The molecule has 29 heavy (non-hydrogen) atoms. The molecule has 146 valence electrons. The Bertz CT molecular complexity index is 1110. The van der Waals surface area contributed by atoms with E-state index in [0.717, 1.165) is 21.0 Å². The molecule has 2 aromatic heterocycles. The van der Waals surface area contributed by atoms with Crippen molar-refractivity contribution in [3.05, 3.63) is 83.2 Å². The number of hydrogen-bond donors (Lipinski definition) is 1. The number of carbonyl (C=O) groups excluding carboxylic acids is 1. The van der Waals surface area contributed by atoms with E-state index in [0.29, 0.717) is 10.7 Å². The predicted molar refractivity (Wildman–Crippen MR) is 124 cm³/mol. The molecule has 0 radical (unpaired) electrons. The second-order valence-corrected chi connectivity index (χ2v) is 9.77. The molecular formula is C24H22N2OS2. The number of hydrogen-bond acceptors (Lipinski definition) is 4. The quantitative estimate of drug-likeness (QED) is 0.384. The van der Waals surface area contributed by atoms with Crippen molar-refractivity contribution in [2.75, 3.05) is 5.32 Å². The maximum Gasteiger partial charge on any atom is 0.257 e. The summed E-state index contributed by atoms with van der Waals surface area (Å²) in [6, 6.07) is 22.0. The van der Waals surface area contributed by atoms with Crippen molar-refractivity contribution in [3.8, 4) is 21.0 Å². The molecule has 1 N–H and O–H groups in total. The first-order chi connectivity index (χ1) is 13.9. The van der Waals surface area contributed by atoms with E-state index in [1.807, 2.05) is 53.9 Å². The van der Waals surface area contributed by atoms with Crippen LogP contribution in [0, 0.1) is 0 Å². The van der Waals surface area contributed by atoms with Gasteiger partial charge in [-0.05, 0) is 40.1 Å². The molecule has 0 saturated heterocycles. The minimum absolute atomic E-state index is 0.0600. The predicted octanol–water partition coefficient (Wildman–Crippen LogP) is 7.09. The lowest BCUT2D eigenvalue weighted by Crippen LogP contribution is -2.14. The van der Waals surface area contributed by atoms with E-state index < -0.39 is 0 Å². The molecule has 4 rings (SSSR count). The van der Waals surface area contributed by atoms with E-state index in [2.05, 4.69) is 44.3 Å². The van der Waals surface area contributed by atoms with Crippen molar-refractivity contribution in [1.29, 1.82) is 0 Å². The summed E-state index contributed by atoms with van der Waals surface area (Å²) in [6.45, 7) is 6.48. The standard InChI is InChI=1S/C24H22N2OS2/c1-24(2,3)18-13-11-17(12-14-18)22(27)26-23-25-20(19-10-7-15-28-19)21(29-23)16-8-5-4-6-9-16/h4-15H,1-3H3,(H,25,26,27). The number of rotatable bonds is 4. The Morgan fingerprint density at radius 2 is 1.66 bits per heavy atom. The van der Waals surface area contributed by atoms with E-state index in [1.54, 1.807) is 11.3 Å². The highest BCUT2D eigenvalue weighted by atomic mass is 32.1. The van der Waals surface area contributed by atoms with Crippen LogP contribution in [0.5, 0.6) is 0 Å². The van der Waals surface area contributed by atoms with Crippen LogP contribution in [0.2, 0.25) is 0 Å². The van der Waals surface area contributed by atoms with Gasteiger partial charge < -0.3 is 0 Å². The number of amides is 1. The molecule has 5 heteroatoms. The van der Waals surface area contributed by atoms with Crippen molar-refractivity contribution in [2.45, 2.75) is 26.2 Å². The topological polar surface area (TPSA) is 42.0 Å². The molecule has 0 unspecified atom stereocenters. The second kappa shape index (κ2) is 7.93. The number of anilines is 1. The van der Waals surface area contributed by atoms with E-state index >= 15 is 0 Å². The third-order valence-corrected chi connectivity index (χ3v) is 6.55. The Kier molecular flexibility index (Phi) is 5.35. The molecule has 0 aliphatic carbocycles. The number of aromatic nitrogens is 1. The van der Waals surface area contributed by atoms with Gasteiger partial charge in [-0.1, -0.05) is 80.6 Å². The highest BCUT2D eigenvalue weighted by molar-refractivity contribution is 7.20. The van der Waals surface area contributed by atoms with Crippen LogP contribution in [-0.2, 0) is 5.41 Å². The van der Waals surface area contributed by atoms with Crippen LogP contribution in [0.3, 0.4) is 0 Å². The zero-order valence-electron chi connectivity index (χ0n) is 16.6. The Morgan fingerprint density at radius 1 is 0.931 bits per heavy atom. The molecule has 1 amide bonds. The van der Waals surface area contributed by atoms with Crippen LogP contribution >= 0.6 is 22.7 Å². The van der Waals surface area contributed by atoms with Gasteiger partial charge in [0.15, 0.2) is 5.13 Å². The Hall–Kier alpha value is -2.76. The number of carbonyl (C=O) groups is 1. The highest BCUT2D eigenvalue weighted by Gasteiger charge is 2.18. The monoisotopic (exact) mass is 418 g/mol. The van der Waals surface area contributed by atoms with E-state index in [1.165, 1.54) is 16.9 Å². The number of benzene rings is 2. The van der Waals surface area contributed by atoms with Crippen molar-refractivity contribution in [3.63, 3.8) is 0 Å². The molecule has 0 aliphatic heterocycles. The largest absolute Gasteiger partial charge is 0.298 e. The lowest BCUT2D eigenvalue weighted by atomic mass is 9.87.